The van der Waals surface area contributed by atoms with Gasteiger partial charge in [0.05, 0.1) is 12.3 Å². The van der Waals surface area contributed by atoms with E-state index in [0.29, 0.717) is 17.3 Å². The number of hydrogen-bond donors (Lipinski definition) is 1. The van der Waals surface area contributed by atoms with Gasteiger partial charge in [-0.25, -0.2) is 0 Å². The maximum absolute atomic E-state index is 12.4. The number of hydrogen-bond acceptors (Lipinski definition) is 3. The number of anilines is 1. The SMILES string of the molecule is CCn1cc(N)cc1C(=O)N(C)CC1CCCOC1. The second-order valence-electron chi connectivity index (χ2n) is 5.21. The Bertz CT molecular complexity index is 436. The molecule has 19 heavy (non-hydrogen) atoms. The van der Waals surface area contributed by atoms with Crippen LogP contribution in [0.2, 0.25) is 0 Å². The molecule has 106 valence electrons. The fourth-order valence-electron chi connectivity index (χ4n) is 2.59. The lowest BCUT2D eigenvalue weighted by molar-refractivity contribution is 0.0385. The monoisotopic (exact) mass is 265 g/mol. The summed E-state index contributed by atoms with van der Waals surface area (Å²) in [4.78, 5) is 14.2. The fraction of sp³-hybridized carbons (Fsp3) is 0.643. The maximum atomic E-state index is 12.4. The molecule has 1 unspecified atom stereocenters. The Morgan fingerprint density at radius 2 is 2.42 bits per heavy atom. The van der Waals surface area contributed by atoms with E-state index < -0.39 is 0 Å². The van der Waals surface area contributed by atoms with E-state index >= 15 is 0 Å². The molecule has 5 nitrogen and oxygen atoms in total. The number of carbonyl (C=O) groups is 1. The number of nitrogens with two attached hydrogens (primary N) is 1. The fourth-order valence-corrected chi connectivity index (χ4v) is 2.59. The Morgan fingerprint density at radius 1 is 1.63 bits per heavy atom. The van der Waals surface area contributed by atoms with Crippen LogP contribution < -0.4 is 5.73 Å². The molecule has 0 saturated carbocycles. The predicted octanol–water partition coefficient (Wildman–Crippen LogP) is 1.59. The minimum Gasteiger partial charge on any atom is -0.397 e. The second-order valence-corrected chi connectivity index (χ2v) is 5.21. The Balaban J connectivity index is 2.01. The van der Waals surface area contributed by atoms with E-state index in [1.807, 2.05) is 24.7 Å². The van der Waals surface area contributed by atoms with Crippen LogP contribution in [-0.4, -0.2) is 42.2 Å². The molecule has 1 saturated heterocycles. The summed E-state index contributed by atoms with van der Waals surface area (Å²) in [5, 5.41) is 0. The van der Waals surface area contributed by atoms with Gasteiger partial charge in [0.2, 0.25) is 0 Å². The zero-order chi connectivity index (χ0) is 13.8. The Hall–Kier alpha value is -1.49. The molecule has 0 radical (unpaired) electrons. The third-order valence-corrected chi connectivity index (χ3v) is 3.61. The Labute approximate surface area is 114 Å². The van der Waals surface area contributed by atoms with Crippen molar-refractivity contribution in [2.24, 2.45) is 5.92 Å². The normalized spacial score (nSPS) is 19.4. The van der Waals surface area contributed by atoms with Crippen LogP contribution >= 0.6 is 0 Å². The van der Waals surface area contributed by atoms with E-state index in [1.54, 1.807) is 11.0 Å². The van der Waals surface area contributed by atoms with Gasteiger partial charge in [0.25, 0.3) is 5.91 Å². The first-order valence-corrected chi connectivity index (χ1v) is 6.90. The number of amides is 1. The first-order chi connectivity index (χ1) is 9.11. The molecule has 1 fully saturated rings. The summed E-state index contributed by atoms with van der Waals surface area (Å²) in [5.41, 5.74) is 7.07. The van der Waals surface area contributed by atoms with Crippen molar-refractivity contribution in [1.82, 2.24) is 9.47 Å². The third-order valence-electron chi connectivity index (χ3n) is 3.61. The molecule has 0 spiro atoms. The van der Waals surface area contributed by atoms with Gasteiger partial charge in [-0.1, -0.05) is 0 Å². The maximum Gasteiger partial charge on any atom is 0.270 e. The molecule has 0 bridgehead atoms. The van der Waals surface area contributed by atoms with Gasteiger partial charge in [-0.05, 0) is 31.7 Å². The van der Waals surface area contributed by atoms with Gasteiger partial charge in [0.1, 0.15) is 5.69 Å². The first kappa shape index (κ1) is 13.9. The molecule has 1 amide bonds. The highest BCUT2D eigenvalue weighted by molar-refractivity contribution is 5.93. The van der Waals surface area contributed by atoms with Crippen LogP contribution in [0.15, 0.2) is 12.3 Å². The number of nitrogens with zero attached hydrogens (tertiary/aromatic N) is 2. The molecule has 2 rings (SSSR count). The van der Waals surface area contributed by atoms with E-state index in [4.69, 9.17) is 10.5 Å². The van der Waals surface area contributed by atoms with Crippen LogP contribution in [0.4, 0.5) is 5.69 Å². The Morgan fingerprint density at radius 3 is 3.05 bits per heavy atom. The van der Waals surface area contributed by atoms with Crippen molar-refractivity contribution in [2.45, 2.75) is 26.3 Å². The summed E-state index contributed by atoms with van der Waals surface area (Å²) in [5.74, 6) is 0.481. The highest BCUT2D eigenvalue weighted by Gasteiger charge is 2.21. The van der Waals surface area contributed by atoms with E-state index in [1.165, 1.54) is 0 Å². The molecule has 0 aliphatic carbocycles. The van der Waals surface area contributed by atoms with Crippen molar-refractivity contribution in [3.05, 3.63) is 18.0 Å². The quantitative estimate of drug-likeness (QED) is 0.899. The largest absolute Gasteiger partial charge is 0.397 e. The molecular weight excluding hydrogens is 242 g/mol. The summed E-state index contributed by atoms with van der Waals surface area (Å²) in [6.45, 7) is 5.11. The average molecular weight is 265 g/mol. The van der Waals surface area contributed by atoms with Gasteiger partial charge in [-0.15, -0.1) is 0 Å². The van der Waals surface area contributed by atoms with E-state index in [-0.39, 0.29) is 5.91 Å². The minimum atomic E-state index is 0.0316. The first-order valence-electron chi connectivity index (χ1n) is 6.90. The number of ether oxygens (including phenoxy) is 1. The topological polar surface area (TPSA) is 60.5 Å². The number of aromatic nitrogens is 1. The highest BCUT2D eigenvalue weighted by atomic mass is 16.5. The summed E-state index contributed by atoms with van der Waals surface area (Å²) < 4.78 is 7.35. The zero-order valence-electron chi connectivity index (χ0n) is 11.8. The zero-order valence-corrected chi connectivity index (χ0v) is 11.8. The van der Waals surface area contributed by atoms with Crippen LogP contribution in [0, 0.1) is 5.92 Å². The molecule has 1 aromatic rings. The van der Waals surface area contributed by atoms with Crippen molar-refractivity contribution in [3.63, 3.8) is 0 Å². The molecular formula is C14H23N3O2. The number of nitrogen functional groups attached to an aromatic ring is 1. The number of carbonyl (C=O) groups excluding carboxylic acids is 1. The standard InChI is InChI=1S/C14H23N3O2/c1-3-17-9-12(15)7-13(17)14(18)16(2)8-11-5-4-6-19-10-11/h7,9,11H,3-6,8,10,15H2,1-2H3. The highest BCUT2D eigenvalue weighted by Crippen LogP contribution is 2.17. The summed E-state index contributed by atoms with van der Waals surface area (Å²) in [6.07, 6.45) is 4.03. The van der Waals surface area contributed by atoms with Gasteiger partial charge in [-0.2, -0.15) is 0 Å². The summed E-state index contributed by atoms with van der Waals surface area (Å²) in [6, 6.07) is 1.75. The minimum absolute atomic E-state index is 0.0316. The van der Waals surface area contributed by atoms with Crippen molar-refractivity contribution in [3.8, 4) is 0 Å². The van der Waals surface area contributed by atoms with Crippen molar-refractivity contribution in [1.29, 1.82) is 0 Å². The summed E-state index contributed by atoms with van der Waals surface area (Å²) >= 11 is 0. The van der Waals surface area contributed by atoms with Gasteiger partial charge in [0, 0.05) is 32.9 Å². The lowest BCUT2D eigenvalue weighted by Crippen LogP contribution is -2.35. The lowest BCUT2D eigenvalue weighted by atomic mass is 10.0. The Kier molecular flexibility index (Phi) is 4.47. The summed E-state index contributed by atoms with van der Waals surface area (Å²) in [7, 11) is 1.85. The molecule has 1 aliphatic heterocycles. The van der Waals surface area contributed by atoms with Crippen LogP contribution in [0.25, 0.3) is 0 Å². The molecule has 0 aromatic carbocycles. The van der Waals surface area contributed by atoms with Crippen LogP contribution in [-0.2, 0) is 11.3 Å². The van der Waals surface area contributed by atoms with Crippen molar-refractivity contribution < 1.29 is 9.53 Å². The van der Waals surface area contributed by atoms with Crippen LogP contribution in [0.3, 0.4) is 0 Å². The number of rotatable bonds is 4. The van der Waals surface area contributed by atoms with Crippen molar-refractivity contribution >= 4 is 11.6 Å². The van der Waals surface area contributed by atoms with E-state index in [0.717, 1.165) is 39.1 Å². The second kappa shape index (κ2) is 6.10. The van der Waals surface area contributed by atoms with Crippen molar-refractivity contribution in [2.75, 3.05) is 32.5 Å². The van der Waals surface area contributed by atoms with Gasteiger partial charge in [0.15, 0.2) is 0 Å². The predicted molar refractivity (Wildman–Crippen MR) is 75.0 cm³/mol. The van der Waals surface area contributed by atoms with Crippen LogP contribution in [0.1, 0.15) is 30.3 Å². The smallest absolute Gasteiger partial charge is 0.270 e. The van der Waals surface area contributed by atoms with E-state index in [2.05, 4.69) is 0 Å². The lowest BCUT2D eigenvalue weighted by Gasteiger charge is -2.27. The molecule has 1 atom stereocenters. The molecule has 2 N–H and O–H groups in total. The average Bonchev–Trinajstić information content (AvgIpc) is 2.80. The number of aryl methyl sites for hydroxylation is 1. The van der Waals surface area contributed by atoms with Gasteiger partial charge >= 0.3 is 0 Å². The molecule has 5 heteroatoms. The van der Waals surface area contributed by atoms with Crippen LogP contribution in [0.5, 0.6) is 0 Å². The van der Waals surface area contributed by atoms with Gasteiger partial charge < -0.3 is 19.9 Å². The molecule has 1 aliphatic rings. The molecule has 1 aromatic heterocycles. The molecule has 2 heterocycles. The van der Waals surface area contributed by atoms with E-state index in [9.17, 15) is 4.79 Å². The van der Waals surface area contributed by atoms with Gasteiger partial charge in [-0.3, -0.25) is 4.79 Å². The third kappa shape index (κ3) is 3.29.